The maximum Gasteiger partial charge on any atom is 0.255 e. The molecule has 1 amide bonds. The lowest BCUT2D eigenvalue weighted by Gasteiger charge is -2.06. The summed E-state index contributed by atoms with van der Waals surface area (Å²) in [5.41, 5.74) is 1.18. The van der Waals surface area contributed by atoms with E-state index in [0.29, 0.717) is 11.0 Å². The van der Waals surface area contributed by atoms with Crippen LogP contribution in [0, 0.1) is 11.6 Å². The number of amides is 1. The maximum absolute atomic E-state index is 13.4. The van der Waals surface area contributed by atoms with E-state index in [4.69, 9.17) is 0 Å². The monoisotopic (exact) mass is 274 g/mol. The topological polar surface area (TPSA) is 70.7 Å². The van der Waals surface area contributed by atoms with Gasteiger partial charge in [0, 0.05) is 11.6 Å². The molecule has 7 heteroatoms. The Morgan fingerprint density at radius 2 is 1.85 bits per heavy atom. The minimum absolute atomic E-state index is 0.213. The predicted molar refractivity (Wildman–Crippen MR) is 68.2 cm³/mol. The van der Waals surface area contributed by atoms with Crippen molar-refractivity contribution in [1.29, 1.82) is 0 Å². The summed E-state index contributed by atoms with van der Waals surface area (Å²) in [4.78, 5) is 12.0. The van der Waals surface area contributed by atoms with Crippen LogP contribution >= 0.6 is 0 Å². The number of aromatic nitrogens is 3. The molecule has 0 saturated heterocycles. The Morgan fingerprint density at radius 3 is 2.70 bits per heavy atom. The van der Waals surface area contributed by atoms with E-state index in [9.17, 15) is 13.6 Å². The van der Waals surface area contributed by atoms with Gasteiger partial charge in [-0.3, -0.25) is 4.79 Å². The van der Waals surface area contributed by atoms with Crippen molar-refractivity contribution in [2.75, 3.05) is 5.32 Å². The van der Waals surface area contributed by atoms with E-state index < -0.39 is 17.5 Å². The molecule has 0 bridgehead atoms. The first-order valence-corrected chi connectivity index (χ1v) is 5.70. The summed E-state index contributed by atoms with van der Waals surface area (Å²) in [7, 11) is 0. The molecule has 100 valence electrons. The van der Waals surface area contributed by atoms with E-state index in [1.165, 1.54) is 12.1 Å². The summed E-state index contributed by atoms with van der Waals surface area (Å²) >= 11 is 0. The molecule has 0 saturated carbocycles. The van der Waals surface area contributed by atoms with Gasteiger partial charge >= 0.3 is 0 Å². The van der Waals surface area contributed by atoms with Gasteiger partial charge in [-0.15, -0.1) is 0 Å². The molecule has 0 aliphatic carbocycles. The van der Waals surface area contributed by atoms with Crippen LogP contribution < -0.4 is 5.32 Å². The van der Waals surface area contributed by atoms with Crippen molar-refractivity contribution in [3.05, 3.63) is 53.6 Å². The number of carbonyl (C=O) groups is 1. The van der Waals surface area contributed by atoms with E-state index in [-0.39, 0.29) is 11.3 Å². The molecule has 2 N–H and O–H groups in total. The summed E-state index contributed by atoms with van der Waals surface area (Å²) in [6.07, 6.45) is 0. The van der Waals surface area contributed by atoms with Crippen molar-refractivity contribution in [3.63, 3.8) is 0 Å². The van der Waals surface area contributed by atoms with Gasteiger partial charge in [0.15, 0.2) is 0 Å². The Bertz CT molecular complexity index is 800. The smallest absolute Gasteiger partial charge is 0.255 e. The van der Waals surface area contributed by atoms with Crippen molar-refractivity contribution >= 4 is 22.6 Å². The van der Waals surface area contributed by atoms with E-state index in [0.717, 1.165) is 18.2 Å². The van der Waals surface area contributed by atoms with Crippen LogP contribution in [0.3, 0.4) is 0 Å². The second-order valence-electron chi connectivity index (χ2n) is 4.11. The van der Waals surface area contributed by atoms with Crippen LogP contribution in [0.5, 0.6) is 0 Å². The number of hydrogen-bond acceptors (Lipinski definition) is 3. The lowest BCUT2D eigenvalue weighted by atomic mass is 10.2. The van der Waals surface area contributed by atoms with E-state index in [1.54, 1.807) is 6.07 Å². The zero-order chi connectivity index (χ0) is 14.1. The molecule has 3 aromatic rings. The largest absolute Gasteiger partial charge is 0.319 e. The number of rotatable bonds is 2. The number of fused-ring (bicyclic) bond motifs is 1. The van der Waals surface area contributed by atoms with Crippen LogP contribution in [0.15, 0.2) is 36.4 Å². The number of H-pyrrole nitrogens is 1. The Labute approximate surface area is 111 Å². The highest BCUT2D eigenvalue weighted by Gasteiger charge is 2.11. The second-order valence-corrected chi connectivity index (χ2v) is 4.11. The van der Waals surface area contributed by atoms with Crippen LogP contribution in [0.25, 0.3) is 11.0 Å². The van der Waals surface area contributed by atoms with Gasteiger partial charge in [-0.2, -0.15) is 15.4 Å². The zero-order valence-corrected chi connectivity index (χ0v) is 10.0. The van der Waals surface area contributed by atoms with Gasteiger partial charge in [-0.05, 0) is 30.3 Å². The highest BCUT2D eigenvalue weighted by atomic mass is 19.1. The number of hydrogen-bond donors (Lipinski definition) is 2. The standard InChI is InChI=1S/C13H8F2N4O/c14-8-2-3-9(15)11(6-8)16-13(20)7-1-4-10-12(5-7)18-19-17-10/h1-6H,(H,16,20)(H,17,18,19). The number of benzene rings is 2. The minimum atomic E-state index is -0.706. The van der Waals surface area contributed by atoms with Crippen molar-refractivity contribution in [2.24, 2.45) is 0 Å². The summed E-state index contributed by atoms with van der Waals surface area (Å²) in [5.74, 6) is -1.89. The van der Waals surface area contributed by atoms with Gasteiger partial charge in [0.25, 0.3) is 5.91 Å². The van der Waals surface area contributed by atoms with Gasteiger partial charge in [0.1, 0.15) is 22.7 Å². The zero-order valence-electron chi connectivity index (χ0n) is 10.0. The number of aromatic amines is 1. The highest BCUT2D eigenvalue weighted by molar-refractivity contribution is 6.05. The third kappa shape index (κ3) is 2.20. The average molecular weight is 274 g/mol. The highest BCUT2D eigenvalue weighted by Crippen LogP contribution is 2.17. The summed E-state index contributed by atoms with van der Waals surface area (Å²) in [5, 5.41) is 12.4. The molecule has 0 aliphatic rings. The SMILES string of the molecule is O=C(Nc1cc(F)ccc1F)c1ccc2n[nH]nc2c1. The normalized spacial score (nSPS) is 10.7. The molecule has 20 heavy (non-hydrogen) atoms. The van der Waals surface area contributed by atoms with Gasteiger partial charge in [0.2, 0.25) is 0 Å². The Kier molecular flexibility index (Phi) is 2.86. The number of anilines is 1. The van der Waals surface area contributed by atoms with Crippen LogP contribution in [0.2, 0.25) is 0 Å². The Hall–Kier alpha value is -2.83. The van der Waals surface area contributed by atoms with E-state index >= 15 is 0 Å². The van der Waals surface area contributed by atoms with Crippen LogP contribution in [0.4, 0.5) is 14.5 Å². The molecule has 0 fully saturated rings. The fourth-order valence-corrected chi connectivity index (χ4v) is 1.77. The second kappa shape index (κ2) is 4.69. The van der Waals surface area contributed by atoms with Crippen molar-refractivity contribution in [2.45, 2.75) is 0 Å². The molecular weight excluding hydrogens is 266 g/mol. The number of carbonyl (C=O) groups excluding carboxylic acids is 1. The molecule has 1 heterocycles. The van der Waals surface area contributed by atoms with Gasteiger partial charge in [-0.1, -0.05) is 0 Å². The number of halogens is 2. The maximum atomic E-state index is 13.4. The fraction of sp³-hybridized carbons (Fsp3) is 0. The van der Waals surface area contributed by atoms with Crippen molar-refractivity contribution in [1.82, 2.24) is 15.4 Å². The molecule has 0 atom stereocenters. The predicted octanol–water partition coefficient (Wildman–Crippen LogP) is 2.49. The molecular formula is C13H8F2N4O. The molecule has 1 aromatic heterocycles. The molecule has 3 rings (SSSR count). The molecule has 0 radical (unpaired) electrons. The summed E-state index contributed by atoms with van der Waals surface area (Å²) in [6.45, 7) is 0. The average Bonchev–Trinajstić information content (AvgIpc) is 2.90. The van der Waals surface area contributed by atoms with Gasteiger partial charge in [0.05, 0.1) is 5.69 Å². The van der Waals surface area contributed by atoms with Crippen molar-refractivity contribution in [3.8, 4) is 0 Å². The quantitative estimate of drug-likeness (QED) is 0.754. The van der Waals surface area contributed by atoms with E-state index in [1.807, 2.05) is 0 Å². The molecule has 5 nitrogen and oxygen atoms in total. The summed E-state index contributed by atoms with van der Waals surface area (Å²) < 4.78 is 26.5. The third-order valence-corrected chi connectivity index (χ3v) is 2.76. The molecule has 0 aliphatic heterocycles. The number of nitrogens with one attached hydrogen (secondary N) is 2. The van der Waals surface area contributed by atoms with Crippen molar-refractivity contribution < 1.29 is 13.6 Å². The molecule has 0 spiro atoms. The van der Waals surface area contributed by atoms with Gasteiger partial charge in [-0.25, -0.2) is 8.78 Å². The van der Waals surface area contributed by atoms with Gasteiger partial charge < -0.3 is 5.32 Å². The lowest BCUT2D eigenvalue weighted by molar-refractivity contribution is 0.102. The Balaban J connectivity index is 1.90. The number of nitrogens with zero attached hydrogens (tertiary/aromatic N) is 2. The fourth-order valence-electron chi connectivity index (χ4n) is 1.77. The summed E-state index contributed by atoms with van der Waals surface area (Å²) in [6, 6.07) is 7.48. The van der Waals surface area contributed by atoms with E-state index in [2.05, 4.69) is 20.7 Å². The van der Waals surface area contributed by atoms with Crippen LogP contribution in [-0.2, 0) is 0 Å². The minimum Gasteiger partial charge on any atom is -0.319 e. The first kappa shape index (κ1) is 12.2. The molecule has 2 aromatic carbocycles. The third-order valence-electron chi connectivity index (χ3n) is 2.76. The Morgan fingerprint density at radius 1 is 1.05 bits per heavy atom. The first-order valence-electron chi connectivity index (χ1n) is 5.70. The first-order chi connectivity index (χ1) is 9.63. The van der Waals surface area contributed by atoms with Crippen LogP contribution in [-0.4, -0.2) is 21.3 Å². The lowest BCUT2D eigenvalue weighted by Crippen LogP contribution is -2.13. The molecule has 0 unspecified atom stereocenters. The van der Waals surface area contributed by atoms with Crippen LogP contribution in [0.1, 0.15) is 10.4 Å².